The van der Waals surface area contributed by atoms with E-state index in [0.717, 1.165) is 12.8 Å². The van der Waals surface area contributed by atoms with Gasteiger partial charge in [-0.1, -0.05) is 6.42 Å². The Kier molecular flexibility index (Phi) is 4.27. The van der Waals surface area contributed by atoms with Crippen molar-refractivity contribution in [2.75, 3.05) is 0 Å². The van der Waals surface area contributed by atoms with Gasteiger partial charge in [0.05, 0.1) is 0 Å². The summed E-state index contributed by atoms with van der Waals surface area (Å²) in [6.07, 6.45) is 13.1. The minimum atomic E-state index is 0.754. The zero-order valence-electron chi connectivity index (χ0n) is 4.15. The first-order chi connectivity index (χ1) is 3.41. The van der Waals surface area contributed by atoms with Crippen LogP contribution < -0.4 is 0 Å². The van der Waals surface area contributed by atoms with Crippen LogP contribution in [0, 0.1) is 31.1 Å². The molecule has 0 bridgehead atoms. The van der Waals surface area contributed by atoms with Gasteiger partial charge in [0.25, 0.3) is 0 Å². The van der Waals surface area contributed by atoms with E-state index in [-0.39, 0.29) is 0 Å². The summed E-state index contributed by atoms with van der Waals surface area (Å²) in [4.78, 5) is 0. The van der Waals surface area contributed by atoms with Gasteiger partial charge in [0, 0.05) is 0 Å². The van der Waals surface area contributed by atoms with Crippen LogP contribution in [0.3, 0.4) is 0 Å². The minimum absolute atomic E-state index is 0.754. The lowest BCUT2D eigenvalue weighted by Crippen LogP contribution is -1.67. The molecule has 0 aliphatic carbocycles. The van der Waals surface area contributed by atoms with E-state index in [1.807, 2.05) is 0 Å². The first kappa shape index (κ1) is 5.99. The van der Waals surface area contributed by atoms with E-state index in [9.17, 15) is 0 Å². The standard InChI is InChI=1S/C7H7/c1-3-5-7-6-4-2/h1-2,5H,6-7H2/q-1. The highest BCUT2D eigenvalue weighted by Gasteiger charge is 1.66. The van der Waals surface area contributed by atoms with Gasteiger partial charge in [0.1, 0.15) is 0 Å². The molecule has 0 N–H and O–H groups in total. The Hall–Kier alpha value is -1.01. The van der Waals surface area contributed by atoms with E-state index in [2.05, 4.69) is 11.8 Å². The molecule has 0 heterocycles. The topological polar surface area (TPSA) is 0 Å². The normalized spacial score (nSPS) is 6.00. The number of unbranched alkanes of at least 4 members (excludes halogenated alkanes) is 2. The maximum Gasteiger partial charge on any atom is -0.00261 e. The molecule has 0 aromatic carbocycles. The first-order valence-electron chi connectivity index (χ1n) is 2.13. The van der Waals surface area contributed by atoms with Gasteiger partial charge in [0.15, 0.2) is 0 Å². The highest BCUT2D eigenvalue weighted by atomic mass is 13.8. The Balaban J connectivity index is 2.77. The zero-order chi connectivity index (χ0) is 5.54. The SMILES string of the molecule is C#C[CH-]CCC#C. The van der Waals surface area contributed by atoms with Crippen molar-refractivity contribution in [1.29, 1.82) is 0 Å². The third-order valence-electron chi connectivity index (χ3n) is 0.551. The smallest absolute Gasteiger partial charge is 0.00261 e. The van der Waals surface area contributed by atoms with E-state index in [1.165, 1.54) is 0 Å². The Bertz CT molecular complexity index is 84.2. The molecule has 0 aliphatic heterocycles. The molecular formula is C7H7-. The van der Waals surface area contributed by atoms with Crippen LogP contribution in [-0.2, 0) is 0 Å². The molecule has 7 heavy (non-hydrogen) atoms. The third-order valence-corrected chi connectivity index (χ3v) is 0.551. The first-order valence-corrected chi connectivity index (χ1v) is 2.13. The molecule has 36 valence electrons. The second-order valence-electron chi connectivity index (χ2n) is 1.11. The molecule has 0 fully saturated rings. The third kappa shape index (κ3) is 4.99. The summed E-state index contributed by atoms with van der Waals surface area (Å²) in [6, 6.07) is 0. The number of terminal acetylenes is 2. The lowest BCUT2D eigenvalue weighted by Gasteiger charge is -1.89. The van der Waals surface area contributed by atoms with Crippen molar-refractivity contribution in [3.05, 3.63) is 6.42 Å². The van der Waals surface area contributed by atoms with Gasteiger partial charge in [0.2, 0.25) is 0 Å². The van der Waals surface area contributed by atoms with Crippen LogP contribution in [0.15, 0.2) is 0 Å². The number of rotatable bonds is 2. The fourth-order valence-corrected chi connectivity index (χ4v) is 0.239. The maximum absolute atomic E-state index is 4.93. The molecule has 0 nitrogen and oxygen atoms in total. The molecule has 0 aromatic rings. The van der Waals surface area contributed by atoms with Crippen LogP contribution in [0.5, 0.6) is 0 Å². The van der Waals surface area contributed by atoms with Crippen LogP contribution in [0.2, 0.25) is 0 Å². The van der Waals surface area contributed by atoms with E-state index < -0.39 is 0 Å². The predicted octanol–water partition coefficient (Wildman–Crippen LogP) is 1.24. The molecule has 0 aromatic heterocycles. The van der Waals surface area contributed by atoms with Gasteiger partial charge in [-0.3, -0.25) is 5.92 Å². The van der Waals surface area contributed by atoms with Gasteiger partial charge in [-0.05, 0) is 6.42 Å². The largest absolute Gasteiger partial charge is 0.345 e. The molecule has 0 heteroatoms. The molecule has 0 spiro atoms. The van der Waals surface area contributed by atoms with Gasteiger partial charge in [-0.25, -0.2) is 0 Å². The average Bonchev–Trinajstić information content (AvgIpc) is 1.69. The molecule has 0 saturated heterocycles. The quantitative estimate of drug-likeness (QED) is 0.272. The van der Waals surface area contributed by atoms with Crippen LogP contribution in [0.1, 0.15) is 12.8 Å². The van der Waals surface area contributed by atoms with Crippen molar-refractivity contribution in [1.82, 2.24) is 0 Å². The van der Waals surface area contributed by atoms with Crippen LogP contribution in [-0.4, -0.2) is 0 Å². The Labute approximate surface area is 44.9 Å². The van der Waals surface area contributed by atoms with E-state index >= 15 is 0 Å². The summed E-state index contributed by atoms with van der Waals surface area (Å²) in [5, 5.41) is 0. The summed E-state index contributed by atoms with van der Waals surface area (Å²) >= 11 is 0. The van der Waals surface area contributed by atoms with Crippen molar-refractivity contribution in [3.63, 3.8) is 0 Å². The number of hydrogen-bond donors (Lipinski definition) is 0. The molecule has 0 atom stereocenters. The van der Waals surface area contributed by atoms with E-state index in [1.54, 1.807) is 6.42 Å². The number of hydrogen-bond acceptors (Lipinski definition) is 0. The van der Waals surface area contributed by atoms with Gasteiger partial charge >= 0.3 is 0 Å². The fourth-order valence-electron chi connectivity index (χ4n) is 0.239. The minimum Gasteiger partial charge on any atom is -0.345 e. The lowest BCUT2D eigenvalue weighted by atomic mass is 10.2. The molecule has 0 unspecified atom stereocenters. The molecule has 0 rings (SSSR count). The summed E-state index contributed by atoms with van der Waals surface area (Å²) < 4.78 is 0. The van der Waals surface area contributed by atoms with Crippen LogP contribution in [0.4, 0.5) is 0 Å². The summed E-state index contributed by atoms with van der Waals surface area (Å²) in [5.41, 5.74) is 0. The van der Waals surface area contributed by atoms with Gasteiger partial charge in [-0.15, -0.1) is 12.3 Å². The Morgan fingerprint density at radius 3 is 2.57 bits per heavy atom. The highest BCUT2D eigenvalue weighted by molar-refractivity contribution is 5.02. The molecule has 0 radical (unpaired) electrons. The van der Waals surface area contributed by atoms with Gasteiger partial charge < -0.3 is 6.42 Å². The predicted molar refractivity (Wildman–Crippen MR) is 31.2 cm³/mol. The van der Waals surface area contributed by atoms with Crippen LogP contribution >= 0.6 is 0 Å². The molecular weight excluding hydrogens is 84.1 g/mol. The molecule has 0 saturated carbocycles. The van der Waals surface area contributed by atoms with Crippen molar-refractivity contribution in [2.45, 2.75) is 12.8 Å². The summed E-state index contributed by atoms with van der Waals surface area (Å²) in [7, 11) is 0. The maximum atomic E-state index is 4.93. The van der Waals surface area contributed by atoms with E-state index in [4.69, 9.17) is 12.8 Å². The fraction of sp³-hybridized carbons (Fsp3) is 0.286. The Morgan fingerprint density at radius 2 is 2.14 bits per heavy atom. The van der Waals surface area contributed by atoms with Crippen molar-refractivity contribution in [3.8, 4) is 24.7 Å². The van der Waals surface area contributed by atoms with Gasteiger partial charge in [-0.2, -0.15) is 6.42 Å². The van der Waals surface area contributed by atoms with Crippen molar-refractivity contribution in [2.24, 2.45) is 0 Å². The lowest BCUT2D eigenvalue weighted by molar-refractivity contribution is 1.04. The van der Waals surface area contributed by atoms with Crippen LogP contribution in [0.25, 0.3) is 0 Å². The van der Waals surface area contributed by atoms with Crippen molar-refractivity contribution >= 4 is 0 Å². The molecule has 0 amide bonds. The zero-order valence-corrected chi connectivity index (χ0v) is 4.15. The second-order valence-corrected chi connectivity index (χ2v) is 1.11. The highest BCUT2D eigenvalue weighted by Crippen LogP contribution is 1.87. The molecule has 0 aliphatic rings. The van der Waals surface area contributed by atoms with Crippen molar-refractivity contribution < 1.29 is 0 Å². The monoisotopic (exact) mass is 91.1 g/mol. The average molecular weight is 91.1 g/mol. The Morgan fingerprint density at radius 1 is 1.43 bits per heavy atom. The summed E-state index contributed by atoms with van der Waals surface area (Å²) in [5.74, 6) is 4.86. The van der Waals surface area contributed by atoms with E-state index in [0.29, 0.717) is 0 Å². The second kappa shape index (κ2) is 4.99. The summed E-state index contributed by atoms with van der Waals surface area (Å²) in [6.45, 7) is 0.